The average molecular weight is 596 g/mol. The van der Waals surface area contributed by atoms with Crippen LogP contribution in [0.5, 0.6) is 5.88 Å². The maximum absolute atomic E-state index is 13.6. The minimum Gasteiger partial charge on any atom is -0.493 e. The van der Waals surface area contributed by atoms with Gasteiger partial charge in [0.05, 0.1) is 16.7 Å². The summed E-state index contributed by atoms with van der Waals surface area (Å²) in [5.74, 6) is -0.951. The van der Waals surface area contributed by atoms with Crippen LogP contribution in [0.3, 0.4) is 0 Å². The molecule has 1 unspecified atom stereocenters. The van der Waals surface area contributed by atoms with E-state index >= 15 is 0 Å². The van der Waals surface area contributed by atoms with Crippen LogP contribution in [0.15, 0.2) is 92.7 Å². The third-order valence-corrected chi connectivity index (χ3v) is 8.37. The van der Waals surface area contributed by atoms with Gasteiger partial charge >= 0.3 is 5.97 Å². The molecule has 3 N–H and O–H groups in total. The molecule has 0 saturated heterocycles. The Morgan fingerprint density at radius 3 is 2.52 bits per heavy atom. The van der Waals surface area contributed by atoms with Gasteiger partial charge in [0, 0.05) is 24.7 Å². The molecular formula is C30H37N5O6S. The summed E-state index contributed by atoms with van der Waals surface area (Å²) in [6.45, 7) is 8.43. The second-order valence-electron chi connectivity index (χ2n) is 9.81. The second kappa shape index (κ2) is 14.7. The van der Waals surface area contributed by atoms with Gasteiger partial charge in [0.1, 0.15) is 12.3 Å². The molecule has 11 nitrogen and oxygen atoms in total. The highest BCUT2D eigenvalue weighted by molar-refractivity contribution is 7.89. The first-order valence-corrected chi connectivity index (χ1v) is 15.0. The maximum atomic E-state index is 13.6. The fourth-order valence-electron chi connectivity index (χ4n) is 4.17. The smallest absolute Gasteiger partial charge is 0.333 e. The molecule has 0 fully saturated rings. The Kier molecular flexibility index (Phi) is 11.3. The number of benzene rings is 2. The van der Waals surface area contributed by atoms with E-state index in [4.69, 9.17) is 10.5 Å². The van der Waals surface area contributed by atoms with Crippen LogP contribution in [-0.4, -0.2) is 47.7 Å². The van der Waals surface area contributed by atoms with Crippen LogP contribution in [0.25, 0.3) is 0 Å². The van der Waals surface area contributed by atoms with Gasteiger partial charge in [-0.15, -0.1) is 5.11 Å². The normalized spacial score (nSPS) is 12.5. The quantitative estimate of drug-likeness (QED) is 0.118. The van der Waals surface area contributed by atoms with E-state index in [1.54, 1.807) is 13.0 Å². The van der Waals surface area contributed by atoms with Crippen LogP contribution in [-0.2, 0) is 32.5 Å². The van der Waals surface area contributed by atoms with Gasteiger partial charge in [0.15, 0.2) is 0 Å². The fraction of sp³-hybridized carbons (Fsp3) is 0.333. The van der Waals surface area contributed by atoms with Crippen molar-refractivity contribution in [3.05, 3.63) is 94.3 Å². The standard InChI is InChI=1S/C30H37N5O6S/c1-5-10-26(31)35(17-18-41-30(38)21(2)3)42(39,40)25-14-9-13-24(20-25)32-33-28-22(4)19-27(36)34(29(28)37)16-15-23-11-7-6-8-12-23/h6-9,11-14,19-20,26,37H,2,5,10,15-18,31H2,1,3-4H3. The molecule has 0 amide bonds. The number of pyridine rings is 1. The molecule has 0 aliphatic rings. The van der Waals surface area contributed by atoms with Crippen LogP contribution in [0.1, 0.15) is 37.8 Å². The number of esters is 1. The highest BCUT2D eigenvalue weighted by atomic mass is 32.2. The summed E-state index contributed by atoms with van der Waals surface area (Å²) in [6.07, 6.45) is 0.719. The summed E-state index contributed by atoms with van der Waals surface area (Å²) in [5, 5.41) is 19.2. The summed E-state index contributed by atoms with van der Waals surface area (Å²) in [5.41, 5.74) is 7.77. The van der Waals surface area contributed by atoms with Crippen molar-refractivity contribution in [2.45, 2.75) is 57.6 Å². The number of aromatic nitrogens is 1. The molecule has 224 valence electrons. The number of carbonyl (C=O) groups is 1. The summed E-state index contributed by atoms with van der Waals surface area (Å²) in [4.78, 5) is 24.3. The second-order valence-corrected chi connectivity index (χ2v) is 11.7. The van der Waals surface area contributed by atoms with E-state index < -0.39 is 22.2 Å². The number of hydrogen-bond donors (Lipinski definition) is 2. The van der Waals surface area contributed by atoms with Gasteiger partial charge in [0.25, 0.3) is 5.56 Å². The Balaban J connectivity index is 1.87. The lowest BCUT2D eigenvalue weighted by molar-refractivity contribution is -0.139. The highest BCUT2D eigenvalue weighted by Gasteiger charge is 2.29. The van der Waals surface area contributed by atoms with Crippen molar-refractivity contribution in [1.82, 2.24) is 8.87 Å². The monoisotopic (exact) mass is 595 g/mol. The molecular weight excluding hydrogens is 558 g/mol. The molecule has 1 heterocycles. The summed E-state index contributed by atoms with van der Waals surface area (Å²) in [7, 11) is -4.11. The molecule has 42 heavy (non-hydrogen) atoms. The number of nitrogens with zero attached hydrogens (tertiary/aromatic N) is 4. The predicted molar refractivity (Wildman–Crippen MR) is 160 cm³/mol. The summed E-state index contributed by atoms with van der Waals surface area (Å²) >= 11 is 0. The highest BCUT2D eigenvalue weighted by Crippen LogP contribution is 2.31. The lowest BCUT2D eigenvalue weighted by atomic mass is 10.1. The van der Waals surface area contributed by atoms with Gasteiger partial charge in [0.2, 0.25) is 15.9 Å². The average Bonchev–Trinajstić information content (AvgIpc) is 2.95. The first-order valence-electron chi connectivity index (χ1n) is 13.5. The number of aryl methyl sites for hydroxylation is 2. The topological polar surface area (TPSA) is 157 Å². The number of ether oxygens (including phenoxy) is 1. The molecule has 0 spiro atoms. The summed E-state index contributed by atoms with van der Waals surface area (Å²) in [6, 6.07) is 16.8. The number of aromatic hydroxyl groups is 1. The minimum atomic E-state index is -4.11. The fourth-order valence-corrected chi connectivity index (χ4v) is 5.74. The number of azo groups is 1. The SMILES string of the molecule is C=C(C)C(=O)OCCN(C(N)CCC)S(=O)(=O)c1cccc(N=Nc2c(C)cc(=O)n(CCc3ccccc3)c2O)c1. The molecule has 0 aliphatic carbocycles. The van der Waals surface area contributed by atoms with Crippen LogP contribution < -0.4 is 11.3 Å². The summed E-state index contributed by atoms with van der Waals surface area (Å²) < 4.78 is 34.6. The van der Waals surface area contributed by atoms with Crippen molar-refractivity contribution in [3.63, 3.8) is 0 Å². The Morgan fingerprint density at radius 1 is 1.14 bits per heavy atom. The van der Waals surface area contributed by atoms with E-state index in [1.807, 2.05) is 37.3 Å². The zero-order chi connectivity index (χ0) is 30.9. The third-order valence-electron chi connectivity index (χ3n) is 6.45. The van der Waals surface area contributed by atoms with Crippen molar-refractivity contribution >= 4 is 27.4 Å². The van der Waals surface area contributed by atoms with Gasteiger partial charge in [-0.25, -0.2) is 13.2 Å². The first kappa shape index (κ1) is 32.4. The van der Waals surface area contributed by atoms with Crippen molar-refractivity contribution in [2.24, 2.45) is 16.0 Å². The van der Waals surface area contributed by atoms with E-state index in [2.05, 4.69) is 16.8 Å². The van der Waals surface area contributed by atoms with E-state index in [1.165, 1.54) is 35.8 Å². The zero-order valence-electron chi connectivity index (χ0n) is 24.1. The zero-order valence-corrected chi connectivity index (χ0v) is 24.9. The molecule has 12 heteroatoms. The van der Waals surface area contributed by atoms with Gasteiger partial charge < -0.3 is 15.6 Å². The lowest BCUT2D eigenvalue weighted by Gasteiger charge is -2.28. The van der Waals surface area contributed by atoms with Crippen molar-refractivity contribution in [3.8, 4) is 5.88 Å². The van der Waals surface area contributed by atoms with Crippen LogP contribution in [0, 0.1) is 6.92 Å². The van der Waals surface area contributed by atoms with Gasteiger partial charge in [-0.05, 0) is 56.0 Å². The number of carbonyl (C=O) groups excluding carboxylic acids is 1. The first-order chi connectivity index (χ1) is 19.9. The molecule has 0 saturated carbocycles. The molecule has 0 radical (unpaired) electrons. The molecule has 1 atom stereocenters. The molecule has 1 aromatic heterocycles. The van der Waals surface area contributed by atoms with E-state index in [9.17, 15) is 23.1 Å². The maximum Gasteiger partial charge on any atom is 0.333 e. The van der Waals surface area contributed by atoms with Crippen LogP contribution in [0.4, 0.5) is 11.4 Å². The van der Waals surface area contributed by atoms with Crippen molar-refractivity contribution < 1.29 is 23.1 Å². The number of nitrogens with two attached hydrogens (primary N) is 1. The molecule has 0 bridgehead atoms. The van der Waals surface area contributed by atoms with E-state index in [0.29, 0.717) is 24.8 Å². The van der Waals surface area contributed by atoms with Crippen LogP contribution >= 0.6 is 0 Å². The lowest BCUT2D eigenvalue weighted by Crippen LogP contribution is -2.47. The Labute approximate surface area is 246 Å². The van der Waals surface area contributed by atoms with Gasteiger partial charge in [-0.2, -0.15) is 9.42 Å². The molecule has 3 rings (SSSR count). The molecule has 0 aliphatic heterocycles. The Hall–Kier alpha value is -4.13. The Morgan fingerprint density at radius 2 is 1.86 bits per heavy atom. The third kappa shape index (κ3) is 8.21. The van der Waals surface area contributed by atoms with E-state index in [-0.39, 0.29) is 53.0 Å². The van der Waals surface area contributed by atoms with Gasteiger partial charge in [-0.3, -0.25) is 9.36 Å². The number of sulfonamides is 1. The van der Waals surface area contributed by atoms with Gasteiger partial charge in [-0.1, -0.05) is 56.3 Å². The van der Waals surface area contributed by atoms with Crippen molar-refractivity contribution in [1.29, 1.82) is 0 Å². The molecule has 2 aromatic carbocycles. The molecule has 3 aromatic rings. The van der Waals surface area contributed by atoms with Crippen LogP contribution in [0.2, 0.25) is 0 Å². The largest absolute Gasteiger partial charge is 0.493 e. The van der Waals surface area contributed by atoms with Crippen molar-refractivity contribution in [2.75, 3.05) is 13.2 Å². The number of rotatable bonds is 14. The predicted octanol–water partition coefficient (Wildman–Crippen LogP) is 4.72. The minimum absolute atomic E-state index is 0.0782. The Bertz CT molecular complexity index is 1600. The number of hydrogen-bond acceptors (Lipinski definition) is 9. The van der Waals surface area contributed by atoms with E-state index in [0.717, 1.165) is 9.87 Å².